The Hall–Kier alpha value is -2.05. The lowest BCUT2D eigenvalue weighted by Crippen LogP contribution is -2.24. The molecule has 1 amide bonds. The summed E-state index contributed by atoms with van der Waals surface area (Å²) in [6, 6.07) is 8.10. The Morgan fingerprint density at radius 3 is 2.73 bits per heavy atom. The molecule has 0 radical (unpaired) electrons. The van der Waals surface area contributed by atoms with Gasteiger partial charge in [-0.05, 0) is 29.1 Å². The third-order valence-electron chi connectivity index (χ3n) is 3.06. The molecule has 0 bridgehead atoms. The monoisotopic (exact) mass is 332 g/mol. The van der Waals surface area contributed by atoms with Crippen LogP contribution in [-0.4, -0.2) is 10.9 Å². The highest BCUT2D eigenvalue weighted by molar-refractivity contribution is 7.14. The second-order valence-electron chi connectivity index (χ2n) is 4.74. The van der Waals surface area contributed by atoms with Gasteiger partial charge in [-0.3, -0.25) is 4.79 Å². The van der Waals surface area contributed by atoms with Gasteiger partial charge in [0.1, 0.15) is 10.8 Å². The molecule has 0 aliphatic heterocycles. The topological polar surface area (TPSA) is 42.0 Å². The molecule has 3 rings (SSSR count). The summed E-state index contributed by atoms with van der Waals surface area (Å²) in [6.45, 7) is 0.390. The Balaban J connectivity index is 1.54. The van der Waals surface area contributed by atoms with Gasteiger partial charge in [0.05, 0.1) is 12.1 Å². The Bertz CT molecular complexity index is 751. The van der Waals surface area contributed by atoms with E-state index in [4.69, 9.17) is 0 Å². The molecule has 0 saturated heterocycles. The predicted molar refractivity (Wildman–Crippen MR) is 87.4 cm³/mol. The first-order valence-electron chi connectivity index (χ1n) is 6.69. The maximum absolute atomic E-state index is 12.8. The average Bonchev–Trinajstić information content (AvgIpc) is 3.17. The van der Waals surface area contributed by atoms with Crippen LogP contribution in [0.5, 0.6) is 0 Å². The van der Waals surface area contributed by atoms with Gasteiger partial charge in [0, 0.05) is 22.9 Å². The number of rotatable bonds is 5. The van der Waals surface area contributed by atoms with E-state index in [0.29, 0.717) is 6.54 Å². The van der Waals surface area contributed by atoms with E-state index in [9.17, 15) is 9.18 Å². The maximum Gasteiger partial charge on any atom is 0.226 e. The minimum atomic E-state index is -0.279. The van der Waals surface area contributed by atoms with Gasteiger partial charge in [0.25, 0.3) is 0 Å². The van der Waals surface area contributed by atoms with Crippen LogP contribution in [0, 0.1) is 5.82 Å². The highest BCUT2D eigenvalue weighted by atomic mass is 32.1. The van der Waals surface area contributed by atoms with Crippen molar-refractivity contribution in [3.05, 3.63) is 63.5 Å². The molecule has 0 saturated carbocycles. The Kier molecular flexibility index (Phi) is 4.60. The van der Waals surface area contributed by atoms with Crippen LogP contribution in [0.3, 0.4) is 0 Å². The molecule has 0 atom stereocenters. The highest BCUT2D eigenvalue weighted by Gasteiger charge is 2.09. The SMILES string of the molecule is O=C(Cc1csc(-c2ccsc2)n1)NCc1ccc(F)cc1. The normalized spacial score (nSPS) is 10.6. The first kappa shape index (κ1) is 14.9. The van der Waals surface area contributed by atoms with Crippen LogP contribution in [0.25, 0.3) is 10.6 Å². The zero-order valence-electron chi connectivity index (χ0n) is 11.6. The molecule has 3 nitrogen and oxygen atoms in total. The largest absolute Gasteiger partial charge is 0.352 e. The lowest BCUT2D eigenvalue weighted by molar-refractivity contribution is -0.120. The smallest absolute Gasteiger partial charge is 0.226 e. The van der Waals surface area contributed by atoms with Gasteiger partial charge in [0.2, 0.25) is 5.91 Å². The highest BCUT2D eigenvalue weighted by Crippen LogP contribution is 2.25. The minimum absolute atomic E-state index is 0.0912. The molecule has 3 aromatic rings. The van der Waals surface area contributed by atoms with Crippen molar-refractivity contribution in [3.8, 4) is 10.6 Å². The van der Waals surface area contributed by atoms with Gasteiger partial charge < -0.3 is 5.32 Å². The molecule has 1 N–H and O–H groups in total. The zero-order valence-corrected chi connectivity index (χ0v) is 13.2. The van der Waals surface area contributed by atoms with E-state index in [0.717, 1.165) is 21.8 Å². The lowest BCUT2D eigenvalue weighted by atomic mass is 10.2. The summed E-state index contributed by atoms with van der Waals surface area (Å²) in [4.78, 5) is 16.4. The molecule has 2 heterocycles. The first-order valence-corrected chi connectivity index (χ1v) is 8.51. The number of carbonyl (C=O) groups excluding carboxylic acids is 1. The molecule has 0 aliphatic carbocycles. The molecule has 112 valence electrons. The van der Waals surface area contributed by atoms with Crippen LogP contribution in [0.1, 0.15) is 11.3 Å². The van der Waals surface area contributed by atoms with Crippen LogP contribution >= 0.6 is 22.7 Å². The maximum atomic E-state index is 12.8. The van der Waals surface area contributed by atoms with Crippen molar-refractivity contribution in [2.75, 3.05) is 0 Å². The summed E-state index contributed by atoms with van der Waals surface area (Å²) in [5, 5.41) is 9.70. The van der Waals surface area contributed by atoms with Crippen molar-refractivity contribution in [1.82, 2.24) is 10.3 Å². The standard InChI is InChI=1S/C16H13FN2OS2/c17-13-3-1-11(2-4-13)8-18-15(20)7-14-10-22-16(19-14)12-5-6-21-9-12/h1-6,9-10H,7-8H2,(H,18,20). The summed E-state index contributed by atoms with van der Waals surface area (Å²) in [5.41, 5.74) is 2.72. The second kappa shape index (κ2) is 6.81. The number of aromatic nitrogens is 1. The second-order valence-corrected chi connectivity index (χ2v) is 6.37. The zero-order chi connectivity index (χ0) is 15.4. The van der Waals surface area contributed by atoms with Gasteiger partial charge in [-0.2, -0.15) is 11.3 Å². The summed E-state index contributed by atoms with van der Waals surface area (Å²) < 4.78 is 12.8. The van der Waals surface area contributed by atoms with E-state index in [-0.39, 0.29) is 18.1 Å². The van der Waals surface area contributed by atoms with E-state index >= 15 is 0 Å². The number of thiazole rings is 1. The molecule has 22 heavy (non-hydrogen) atoms. The van der Waals surface area contributed by atoms with Crippen LogP contribution in [0.15, 0.2) is 46.5 Å². The Morgan fingerprint density at radius 1 is 1.18 bits per heavy atom. The molecule has 0 aliphatic rings. The van der Waals surface area contributed by atoms with E-state index < -0.39 is 0 Å². The van der Waals surface area contributed by atoms with Crippen LogP contribution in [0.2, 0.25) is 0 Å². The van der Waals surface area contributed by atoms with E-state index in [2.05, 4.69) is 10.3 Å². The fraction of sp³-hybridized carbons (Fsp3) is 0.125. The van der Waals surface area contributed by atoms with Gasteiger partial charge in [-0.1, -0.05) is 12.1 Å². The number of carbonyl (C=O) groups is 1. The number of benzene rings is 1. The first-order chi connectivity index (χ1) is 10.7. The molecular formula is C16H13FN2OS2. The van der Waals surface area contributed by atoms with Gasteiger partial charge >= 0.3 is 0 Å². The average molecular weight is 332 g/mol. The molecule has 2 aromatic heterocycles. The summed E-state index contributed by atoms with van der Waals surface area (Å²) in [5.74, 6) is -0.370. The number of thiophene rings is 1. The molecule has 0 fully saturated rings. The summed E-state index contributed by atoms with van der Waals surface area (Å²) in [6.07, 6.45) is 0.252. The Morgan fingerprint density at radius 2 is 2.00 bits per heavy atom. The van der Waals surface area contributed by atoms with E-state index in [1.165, 1.54) is 23.5 Å². The minimum Gasteiger partial charge on any atom is -0.352 e. The number of nitrogens with one attached hydrogen (secondary N) is 1. The molecule has 0 unspecified atom stereocenters. The predicted octanol–water partition coefficient (Wildman–Crippen LogP) is 3.87. The lowest BCUT2D eigenvalue weighted by Gasteiger charge is -2.04. The third-order valence-corrected chi connectivity index (χ3v) is 4.69. The van der Waals surface area contributed by atoms with Crippen molar-refractivity contribution >= 4 is 28.6 Å². The van der Waals surface area contributed by atoms with Crippen LogP contribution in [0.4, 0.5) is 4.39 Å². The van der Waals surface area contributed by atoms with Crippen LogP contribution in [-0.2, 0) is 17.8 Å². The van der Waals surface area contributed by atoms with Crippen LogP contribution < -0.4 is 5.32 Å². The number of hydrogen-bond acceptors (Lipinski definition) is 4. The van der Waals surface area contributed by atoms with Crippen molar-refractivity contribution < 1.29 is 9.18 Å². The number of hydrogen-bond donors (Lipinski definition) is 1. The molecule has 6 heteroatoms. The number of halogens is 1. The fourth-order valence-corrected chi connectivity index (χ4v) is 3.47. The van der Waals surface area contributed by atoms with Crippen molar-refractivity contribution in [2.45, 2.75) is 13.0 Å². The fourth-order valence-electron chi connectivity index (χ4n) is 1.94. The third kappa shape index (κ3) is 3.78. The van der Waals surface area contributed by atoms with Gasteiger partial charge in [0.15, 0.2) is 0 Å². The molecule has 0 spiro atoms. The quantitative estimate of drug-likeness (QED) is 0.771. The van der Waals surface area contributed by atoms with Crippen molar-refractivity contribution in [1.29, 1.82) is 0 Å². The van der Waals surface area contributed by atoms with Gasteiger partial charge in [-0.25, -0.2) is 9.37 Å². The molecular weight excluding hydrogens is 319 g/mol. The number of nitrogens with zero attached hydrogens (tertiary/aromatic N) is 1. The van der Waals surface area contributed by atoms with Crippen molar-refractivity contribution in [3.63, 3.8) is 0 Å². The van der Waals surface area contributed by atoms with E-state index in [1.54, 1.807) is 23.5 Å². The molecule has 1 aromatic carbocycles. The number of amides is 1. The van der Waals surface area contributed by atoms with Gasteiger partial charge in [-0.15, -0.1) is 11.3 Å². The Labute approximate surface area is 135 Å². The summed E-state index contributed by atoms with van der Waals surface area (Å²) >= 11 is 3.16. The van der Waals surface area contributed by atoms with Crippen molar-refractivity contribution in [2.24, 2.45) is 0 Å². The summed E-state index contributed by atoms with van der Waals surface area (Å²) in [7, 11) is 0. The van der Waals surface area contributed by atoms with E-state index in [1.807, 2.05) is 22.2 Å².